The molecule has 0 aliphatic carbocycles. The summed E-state index contributed by atoms with van der Waals surface area (Å²) in [5, 5.41) is 1.37. The van der Waals surface area contributed by atoms with Crippen LogP contribution in [0.15, 0.2) is 34.3 Å². The van der Waals surface area contributed by atoms with E-state index in [1.807, 2.05) is 6.26 Å². The smallest absolute Gasteiger partial charge is 0.259 e. The van der Waals surface area contributed by atoms with E-state index in [0.717, 1.165) is 6.07 Å². The molecule has 8 heteroatoms. The lowest BCUT2D eigenvalue weighted by molar-refractivity contribution is 0.633. The number of halogens is 2. The monoisotopic (exact) mass is 350 g/mol. The largest absolute Gasteiger partial charge is 0.396 e. The lowest BCUT2D eigenvalue weighted by atomic mass is 10.1. The van der Waals surface area contributed by atoms with Gasteiger partial charge in [-0.2, -0.15) is 0 Å². The van der Waals surface area contributed by atoms with E-state index in [4.69, 9.17) is 17.3 Å². The number of benzene rings is 1. The molecule has 0 aliphatic rings. The Balaban J connectivity index is 2.34. The predicted octanol–water partition coefficient (Wildman–Crippen LogP) is 3.09. The Kier molecular flexibility index (Phi) is 3.99. The number of nitrogens with zero attached hydrogens (tertiary/aromatic N) is 3. The van der Waals surface area contributed by atoms with Gasteiger partial charge >= 0.3 is 0 Å². The molecule has 0 radical (unpaired) electrons. The molecule has 2 heterocycles. The van der Waals surface area contributed by atoms with Crippen LogP contribution >= 0.6 is 23.4 Å². The number of hydrogen-bond acceptors (Lipinski definition) is 5. The molecular formula is C15H12ClFN4OS. The van der Waals surface area contributed by atoms with E-state index in [2.05, 4.69) is 9.97 Å². The van der Waals surface area contributed by atoms with Gasteiger partial charge in [0.2, 0.25) is 0 Å². The summed E-state index contributed by atoms with van der Waals surface area (Å²) in [5.41, 5.74) is 6.44. The van der Waals surface area contributed by atoms with Gasteiger partial charge in [0.1, 0.15) is 11.5 Å². The van der Waals surface area contributed by atoms with Crippen molar-refractivity contribution in [2.75, 3.05) is 12.0 Å². The third kappa shape index (κ3) is 2.66. The van der Waals surface area contributed by atoms with E-state index in [-0.39, 0.29) is 16.3 Å². The van der Waals surface area contributed by atoms with Crippen molar-refractivity contribution in [2.24, 2.45) is 7.05 Å². The molecule has 5 nitrogen and oxygen atoms in total. The van der Waals surface area contributed by atoms with Crippen LogP contribution in [0.5, 0.6) is 0 Å². The maximum atomic E-state index is 13.5. The van der Waals surface area contributed by atoms with Gasteiger partial charge in [0.05, 0.1) is 10.7 Å². The number of anilines is 1. The average Bonchev–Trinajstić information content (AvgIpc) is 2.54. The van der Waals surface area contributed by atoms with Crippen molar-refractivity contribution in [1.29, 1.82) is 0 Å². The minimum absolute atomic E-state index is 0.0690. The molecule has 118 valence electrons. The van der Waals surface area contributed by atoms with Crippen LogP contribution in [0.3, 0.4) is 0 Å². The Morgan fingerprint density at radius 1 is 1.30 bits per heavy atom. The fraction of sp³-hybridized carbons (Fsp3) is 0.133. The molecule has 0 unspecified atom stereocenters. The van der Waals surface area contributed by atoms with E-state index in [1.165, 1.54) is 22.4 Å². The van der Waals surface area contributed by atoms with E-state index < -0.39 is 5.82 Å². The number of pyridine rings is 1. The number of nitrogens with two attached hydrogens (primary N) is 1. The summed E-state index contributed by atoms with van der Waals surface area (Å²) in [6.07, 6.45) is 3.49. The maximum absolute atomic E-state index is 13.5. The molecule has 0 amide bonds. The first kappa shape index (κ1) is 15.8. The van der Waals surface area contributed by atoms with Crippen molar-refractivity contribution in [2.45, 2.75) is 5.16 Å². The molecule has 0 saturated carbocycles. The van der Waals surface area contributed by atoms with Crippen LogP contribution in [0.2, 0.25) is 5.02 Å². The SMILES string of the molecule is CSc1ncc2cc(-c3cc(N)c(F)cc3Cl)c(=O)n(C)c2n1. The first-order valence-corrected chi connectivity index (χ1v) is 8.18. The topological polar surface area (TPSA) is 73.8 Å². The maximum Gasteiger partial charge on any atom is 0.259 e. The number of nitrogen functional groups attached to an aromatic ring is 1. The second-order valence-electron chi connectivity index (χ2n) is 4.91. The van der Waals surface area contributed by atoms with Crippen molar-refractivity contribution in [3.05, 3.63) is 45.6 Å². The molecule has 0 aliphatic heterocycles. The number of thioether (sulfide) groups is 1. The normalized spacial score (nSPS) is 11.1. The van der Waals surface area contributed by atoms with Crippen LogP contribution < -0.4 is 11.3 Å². The Morgan fingerprint density at radius 2 is 2.04 bits per heavy atom. The summed E-state index contributed by atoms with van der Waals surface area (Å²) >= 11 is 7.47. The van der Waals surface area contributed by atoms with Gasteiger partial charge in [0, 0.05) is 29.8 Å². The van der Waals surface area contributed by atoms with Crippen LogP contribution in [-0.2, 0) is 7.05 Å². The van der Waals surface area contributed by atoms with Crippen molar-refractivity contribution in [3.63, 3.8) is 0 Å². The molecule has 0 fully saturated rings. The number of hydrogen-bond donors (Lipinski definition) is 1. The van der Waals surface area contributed by atoms with Crippen molar-refractivity contribution >= 4 is 40.1 Å². The van der Waals surface area contributed by atoms with Crippen LogP contribution in [-0.4, -0.2) is 20.8 Å². The van der Waals surface area contributed by atoms with Crippen LogP contribution in [0.1, 0.15) is 0 Å². The van der Waals surface area contributed by atoms with Crippen molar-refractivity contribution in [1.82, 2.24) is 14.5 Å². The Bertz CT molecular complexity index is 989. The van der Waals surface area contributed by atoms with Gasteiger partial charge in [-0.1, -0.05) is 23.4 Å². The standard InChI is InChI=1S/C15H12ClFN4OS/c1-21-13-7(6-19-15(20-13)23-2)3-9(14(21)22)8-4-12(18)11(17)5-10(8)16/h3-6H,18H2,1-2H3. The Hall–Kier alpha value is -2.12. The third-order valence-corrected chi connectivity index (χ3v) is 4.36. The van der Waals surface area contributed by atoms with Crippen molar-refractivity contribution in [3.8, 4) is 11.1 Å². The average molecular weight is 351 g/mol. The number of aromatic nitrogens is 3. The lowest BCUT2D eigenvalue weighted by Gasteiger charge is -2.11. The minimum Gasteiger partial charge on any atom is -0.396 e. The first-order chi connectivity index (χ1) is 10.9. The highest BCUT2D eigenvalue weighted by Crippen LogP contribution is 2.31. The van der Waals surface area contributed by atoms with Gasteiger partial charge in [-0.15, -0.1) is 0 Å². The fourth-order valence-electron chi connectivity index (χ4n) is 2.29. The quantitative estimate of drug-likeness (QED) is 0.437. The molecule has 23 heavy (non-hydrogen) atoms. The van der Waals surface area contributed by atoms with Crippen molar-refractivity contribution < 1.29 is 4.39 Å². The van der Waals surface area contributed by atoms with Gasteiger partial charge < -0.3 is 5.73 Å². The van der Waals surface area contributed by atoms with E-state index in [0.29, 0.717) is 27.3 Å². The highest BCUT2D eigenvalue weighted by Gasteiger charge is 2.15. The van der Waals surface area contributed by atoms with E-state index in [9.17, 15) is 9.18 Å². The molecule has 2 N–H and O–H groups in total. The molecule has 0 bridgehead atoms. The summed E-state index contributed by atoms with van der Waals surface area (Å²) in [7, 11) is 1.62. The summed E-state index contributed by atoms with van der Waals surface area (Å²) in [6, 6.07) is 4.10. The zero-order valence-electron chi connectivity index (χ0n) is 12.3. The number of aryl methyl sites for hydroxylation is 1. The summed E-state index contributed by atoms with van der Waals surface area (Å²) in [4.78, 5) is 21.2. The van der Waals surface area contributed by atoms with E-state index in [1.54, 1.807) is 19.3 Å². The van der Waals surface area contributed by atoms with Gasteiger partial charge in [0.15, 0.2) is 5.16 Å². The number of rotatable bonds is 2. The third-order valence-electron chi connectivity index (χ3n) is 3.49. The second-order valence-corrected chi connectivity index (χ2v) is 6.09. The molecule has 3 rings (SSSR count). The molecule has 0 atom stereocenters. The molecule has 0 saturated heterocycles. The van der Waals surface area contributed by atoms with Gasteiger partial charge in [-0.25, -0.2) is 14.4 Å². The number of fused-ring (bicyclic) bond motifs is 1. The summed E-state index contributed by atoms with van der Waals surface area (Å²) in [5.74, 6) is -0.621. The fourth-order valence-corrected chi connectivity index (χ4v) is 2.88. The Morgan fingerprint density at radius 3 is 2.74 bits per heavy atom. The van der Waals surface area contributed by atoms with Gasteiger partial charge in [-0.05, 0) is 24.5 Å². The van der Waals surface area contributed by atoms with Crippen LogP contribution in [0.4, 0.5) is 10.1 Å². The summed E-state index contributed by atoms with van der Waals surface area (Å²) < 4.78 is 14.9. The minimum atomic E-state index is -0.621. The van der Waals surface area contributed by atoms with Gasteiger partial charge in [-0.3, -0.25) is 9.36 Å². The highest BCUT2D eigenvalue weighted by molar-refractivity contribution is 7.98. The molecule has 2 aromatic heterocycles. The molecular weight excluding hydrogens is 339 g/mol. The highest BCUT2D eigenvalue weighted by atomic mass is 35.5. The van der Waals surface area contributed by atoms with E-state index >= 15 is 0 Å². The second kappa shape index (κ2) is 5.82. The molecule has 0 spiro atoms. The van der Waals surface area contributed by atoms with Gasteiger partial charge in [0.25, 0.3) is 5.56 Å². The zero-order chi connectivity index (χ0) is 16.7. The zero-order valence-corrected chi connectivity index (χ0v) is 13.9. The summed E-state index contributed by atoms with van der Waals surface area (Å²) in [6.45, 7) is 0. The lowest BCUT2D eigenvalue weighted by Crippen LogP contribution is -2.20. The molecule has 1 aromatic carbocycles. The van der Waals surface area contributed by atoms with Crippen LogP contribution in [0.25, 0.3) is 22.2 Å². The van der Waals surface area contributed by atoms with Crippen LogP contribution in [0, 0.1) is 5.82 Å². The predicted molar refractivity (Wildman–Crippen MR) is 91.4 cm³/mol. The molecule has 3 aromatic rings. The first-order valence-electron chi connectivity index (χ1n) is 6.58. The Labute approximate surface area is 140 Å².